The van der Waals surface area contributed by atoms with Gasteiger partial charge >= 0.3 is 0 Å². The van der Waals surface area contributed by atoms with Gasteiger partial charge in [0.1, 0.15) is 18.2 Å². The minimum Gasteiger partial charge on any atom is -0.490 e. The van der Waals surface area contributed by atoms with Gasteiger partial charge < -0.3 is 9.47 Å². The van der Waals surface area contributed by atoms with Crippen LogP contribution >= 0.6 is 0 Å². The summed E-state index contributed by atoms with van der Waals surface area (Å²) < 4.78 is 23.0. The van der Waals surface area contributed by atoms with Gasteiger partial charge in [0.05, 0.1) is 5.56 Å². The molecule has 0 fully saturated rings. The van der Waals surface area contributed by atoms with Crippen molar-refractivity contribution >= 4 is 5.78 Å². The van der Waals surface area contributed by atoms with E-state index in [9.17, 15) is 9.18 Å². The zero-order valence-corrected chi connectivity index (χ0v) is 7.62. The normalized spacial score (nSPS) is 20.1. The molecule has 0 N–H and O–H groups in total. The van der Waals surface area contributed by atoms with Gasteiger partial charge in [-0.15, -0.1) is 0 Å². The number of fused-ring (bicyclic) bond motifs is 1. The van der Waals surface area contributed by atoms with E-state index in [1.165, 1.54) is 25.3 Å². The highest BCUT2D eigenvalue weighted by Gasteiger charge is 2.28. The summed E-state index contributed by atoms with van der Waals surface area (Å²) in [5, 5.41) is 0. The van der Waals surface area contributed by atoms with Gasteiger partial charge in [0.2, 0.25) is 0 Å². The summed E-state index contributed by atoms with van der Waals surface area (Å²) in [6, 6.07) is 3.89. The van der Waals surface area contributed by atoms with Crippen LogP contribution in [0.1, 0.15) is 10.4 Å². The third kappa shape index (κ3) is 1.37. The molecule has 0 aromatic heterocycles. The van der Waals surface area contributed by atoms with Crippen LogP contribution in [-0.4, -0.2) is 25.6 Å². The van der Waals surface area contributed by atoms with Crippen molar-refractivity contribution in [2.45, 2.75) is 6.10 Å². The average Bonchev–Trinajstić information content (AvgIpc) is 2.20. The number of Topliss-reactive ketones (excluding diaryl/α,β-unsaturated/α-hetero) is 1. The van der Waals surface area contributed by atoms with Crippen molar-refractivity contribution < 1.29 is 18.7 Å². The second-order valence-corrected chi connectivity index (χ2v) is 3.04. The fourth-order valence-electron chi connectivity index (χ4n) is 1.41. The molecular formula is C10H9FO3. The largest absolute Gasteiger partial charge is 0.490 e. The van der Waals surface area contributed by atoms with Crippen molar-refractivity contribution in [1.82, 2.24) is 0 Å². The first-order valence-corrected chi connectivity index (χ1v) is 4.21. The predicted molar refractivity (Wildman–Crippen MR) is 47.0 cm³/mol. The van der Waals surface area contributed by atoms with Crippen LogP contribution < -0.4 is 4.74 Å². The lowest BCUT2D eigenvalue weighted by Gasteiger charge is -2.22. The Labute approximate surface area is 80.4 Å². The van der Waals surface area contributed by atoms with E-state index in [0.717, 1.165) is 0 Å². The maximum atomic E-state index is 12.9. The molecule has 1 aliphatic heterocycles. The molecule has 1 unspecified atom stereocenters. The van der Waals surface area contributed by atoms with E-state index in [0.29, 0.717) is 5.75 Å². The van der Waals surface area contributed by atoms with Crippen LogP contribution in [0.25, 0.3) is 0 Å². The molecule has 1 aliphatic rings. The fourth-order valence-corrected chi connectivity index (χ4v) is 1.41. The summed E-state index contributed by atoms with van der Waals surface area (Å²) in [5.74, 6) is -0.254. The maximum absolute atomic E-state index is 12.9. The lowest BCUT2D eigenvalue weighted by atomic mass is 10.0. The highest BCUT2D eigenvalue weighted by Crippen LogP contribution is 2.26. The molecule has 0 saturated carbocycles. The Bertz CT molecular complexity index is 376. The summed E-state index contributed by atoms with van der Waals surface area (Å²) in [6.45, 7) is 0.188. The van der Waals surface area contributed by atoms with Gasteiger partial charge in [-0.25, -0.2) is 4.39 Å². The van der Waals surface area contributed by atoms with E-state index in [1.807, 2.05) is 0 Å². The minimum atomic E-state index is -0.621. The monoisotopic (exact) mass is 196 g/mol. The molecule has 74 valence electrons. The quantitative estimate of drug-likeness (QED) is 0.681. The van der Waals surface area contributed by atoms with Crippen LogP contribution in [0.3, 0.4) is 0 Å². The number of hydrogen-bond acceptors (Lipinski definition) is 3. The molecule has 1 aromatic carbocycles. The smallest absolute Gasteiger partial charge is 0.198 e. The zero-order chi connectivity index (χ0) is 10.1. The number of halogens is 1. The Hall–Kier alpha value is -1.42. The number of ketones is 1. The number of hydrogen-bond donors (Lipinski definition) is 0. The van der Waals surface area contributed by atoms with Crippen molar-refractivity contribution in [2.24, 2.45) is 0 Å². The van der Waals surface area contributed by atoms with E-state index in [-0.39, 0.29) is 18.0 Å². The molecule has 4 heteroatoms. The van der Waals surface area contributed by atoms with E-state index in [2.05, 4.69) is 0 Å². The number of rotatable bonds is 1. The first-order valence-electron chi connectivity index (χ1n) is 4.21. The van der Waals surface area contributed by atoms with Crippen LogP contribution in [-0.2, 0) is 4.74 Å². The number of carbonyl (C=O) groups is 1. The van der Waals surface area contributed by atoms with Gasteiger partial charge in [-0.1, -0.05) is 0 Å². The molecule has 14 heavy (non-hydrogen) atoms. The molecule has 0 bridgehead atoms. The Morgan fingerprint density at radius 3 is 3.07 bits per heavy atom. The molecule has 2 rings (SSSR count). The van der Waals surface area contributed by atoms with E-state index >= 15 is 0 Å². The van der Waals surface area contributed by atoms with Crippen LogP contribution in [0.15, 0.2) is 18.2 Å². The SMILES string of the molecule is COC1COc2ccc(F)cc2C1=O. The highest BCUT2D eigenvalue weighted by molar-refractivity contribution is 6.02. The average molecular weight is 196 g/mol. The summed E-state index contributed by atoms with van der Waals surface area (Å²) >= 11 is 0. The van der Waals surface area contributed by atoms with Crippen LogP contribution in [0.4, 0.5) is 4.39 Å². The first kappa shape index (κ1) is 9.15. The van der Waals surface area contributed by atoms with Gasteiger partial charge in [0, 0.05) is 7.11 Å². The molecule has 0 amide bonds. The summed E-state index contributed by atoms with van der Waals surface area (Å²) in [4.78, 5) is 11.6. The molecule has 3 nitrogen and oxygen atoms in total. The molecular weight excluding hydrogens is 187 g/mol. The van der Waals surface area contributed by atoms with E-state index in [4.69, 9.17) is 9.47 Å². The van der Waals surface area contributed by atoms with Gasteiger partial charge in [-0.2, -0.15) is 0 Å². The summed E-state index contributed by atoms with van der Waals surface area (Å²) in [6.07, 6.45) is -0.621. The standard InChI is InChI=1S/C10H9FO3/c1-13-9-5-14-8-3-2-6(11)4-7(8)10(9)12/h2-4,9H,5H2,1H3. The van der Waals surface area contributed by atoms with E-state index in [1.54, 1.807) is 0 Å². The summed E-state index contributed by atoms with van der Waals surface area (Å²) in [5.41, 5.74) is 0.253. The number of methoxy groups -OCH3 is 1. The second kappa shape index (κ2) is 3.38. The van der Waals surface area contributed by atoms with E-state index < -0.39 is 11.9 Å². The van der Waals surface area contributed by atoms with Crippen molar-refractivity contribution in [2.75, 3.05) is 13.7 Å². The summed E-state index contributed by atoms with van der Waals surface area (Å²) in [7, 11) is 1.43. The first-order chi connectivity index (χ1) is 6.72. The second-order valence-electron chi connectivity index (χ2n) is 3.04. The van der Waals surface area contributed by atoms with Crippen LogP contribution in [0.2, 0.25) is 0 Å². The molecule has 1 aromatic rings. The van der Waals surface area contributed by atoms with Crippen molar-refractivity contribution in [1.29, 1.82) is 0 Å². The Morgan fingerprint density at radius 2 is 2.36 bits per heavy atom. The van der Waals surface area contributed by atoms with Crippen LogP contribution in [0, 0.1) is 5.82 Å². The third-order valence-corrected chi connectivity index (χ3v) is 2.17. The minimum absolute atomic E-state index is 0.188. The van der Waals surface area contributed by atoms with Crippen molar-refractivity contribution in [3.63, 3.8) is 0 Å². The Balaban J connectivity index is 2.43. The van der Waals surface area contributed by atoms with Crippen molar-refractivity contribution in [3.05, 3.63) is 29.6 Å². The third-order valence-electron chi connectivity index (χ3n) is 2.17. The molecule has 1 atom stereocenters. The Kier molecular flexibility index (Phi) is 2.21. The van der Waals surface area contributed by atoms with Gasteiger partial charge in [-0.05, 0) is 18.2 Å². The van der Waals surface area contributed by atoms with Gasteiger partial charge in [-0.3, -0.25) is 4.79 Å². The predicted octanol–water partition coefficient (Wildman–Crippen LogP) is 1.42. The lowest BCUT2D eigenvalue weighted by Crippen LogP contribution is -2.34. The van der Waals surface area contributed by atoms with Gasteiger partial charge in [0.15, 0.2) is 11.9 Å². The fraction of sp³-hybridized carbons (Fsp3) is 0.300. The highest BCUT2D eigenvalue weighted by atomic mass is 19.1. The Morgan fingerprint density at radius 1 is 1.57 bits per heavy atom. The van der Waals surface area contributed by atoms with Gasteiger partial charge in [0.25, 0.3) is 0 Å². The molecule has 1 heterocycles. The molecule has 0 aliphatic carbocycles. The molecule has 0 spiro atoms. The molecule has 0 radical (unpaired) electrons. The number of ether oxygens (including phenoxy) is 2. The molecule has 0 saturated heterocycles. The number of carbonyl (C=O) groups excluding carboxylic acids is 1. The maximum Gasteiger partial charge on any atom is 0.198 e. The zero-order valence-electron chi connectivity index (χ0n) is 7.62. The van der Waals surface area contributed by atoms with Crippen molar-refractivity contribution in [3.8, 4) is 5.75 Å². The number of benzene rings is 1. The lowest BCUT2D eigenvalue weighted by molar-refractivity contribution is 0.0367. The topological polar surface area (TPSA) is 35.5 Å². The van der Waals surface area contributed by atoms with Crippen LogP contribution in [0.5, 0.6) is 5.75 Å².